The van der Waals surface area contributed by atoms with Crippen LogP contribution in [0.25, 0.3) is 0 Å². The maximum atomic E-state index is 2.96. The van der Waals surface area contributed by atoms with E-state index in [-0.39, 0.29) is 10.8 Å². The van der Waals surface area contributed by atoms with Gasteiger partial charge >= 0.3 is 0 Å². The van der Waals surface area contributed by atoms with Crippen molar-refractivity contribution in [1.29, 1.82) is 0 Å². The van der Waals surface area contributed by atoms with Gasteiger partial charge in [0.05, 0.1) is 0 Å². The zero-order valence-corrected chi connectivity index (χ0v) is 12.8. The Balaban J connectivity index is 3.26. The molecule has 1 aliphatic carbocycles. The van der Waals surface area contributed by atoms with Gasteiger partial charge in [-0.15, -0.1) is 9.24 Å². The molecule has 0 spiro atoms. The summed E-state index contributed by atoms with van der Waals surface area (Å²) in [6, 6.07) is 0. The van der Waals surface area contributed by atoms with E-state index in [1.54, 1.807) is 0 Å². The van der Waals surface area contributed by atoms with E-state index in [0.717, 1.165) is 6.16 Å². The summed E-state index contributed by atoms with van der Waals surface area (Å²) in [5.74, 6) is 0.600. The third-order valence-electron chi connectivity index (χ3n) is 4.03. The second-order valence-corrected chi connectivity index (χ2v) is 7.49. The predicted octanol–water partition coefficient (Wildman–Crippen LogP) is 4.68. The zero-order valence-electron chi connectivity index (χ0n) is 11.7. The quantitative estimate of drug-likeness (QED) is 0.582. The molecule has 0 aromatic carbocycles. The highest BCUT2D eigenvalue weighted by Crippen LogP contribution is 2.54. The maximum Gasteiger partial charge on any atom is 0.00356 e. The molecule has 3 atom stereocenters. The summed E-state index contributed by atoms with van der Waals surface area (Å²) in [6.07, 6.45) is 10.4. The normalized spacial score (nSPS) is 30.8. The summed E-state index contributed by atoms with van der Waals surface area (Å²) in [4.78, 5) is 0. The molecule has 0 aromatic rings. The van der Waals surface area contributed by atoms with E-state index in [1.165, 1.54) is 0 Å². The van der Waals surface area contributed by atoms with Crippen LogP contribution in [0.4, 0.5) is 0 Å². The summed E-state index contributed by atoms with van der Waals surface area (Å²) >= 11 is 0. The average molecular weight is 238 g/mol. The molecule has 0 amide bonds. The van der Waals surface area contributed by atoms with Crippen LogP contribution in [0.1, 0.15) is 41.5 Å². The van der Waals surface area contributed by atoms with Crippen molar-refractivity contribution >= 4 is 9.24 Å². The maximum absolute atomic E-state index is 2.96. The summed E-state index contributed by atoms with van der Waals surface area (Å²) in [6.45, 7) is 14.1. The first-order chi connectivity index (χ1) is 7.15. The Labute approximate surface area is 104 Å². The van der Waals surface area contributed by atoms with Crippen molar-refractivity contribution in [3.63, 3.8) is 0 Å². The Morgan fingerprint density at radius 3 is 1.94 bits per heavy atom. The van der Waals surface area contributed by atoms with Crippen molar-refractivity contribution in [2.75, 3.05) is 6.16 Å². The lowest BCUT2D eigenvalue weighted by Crippen LogP contribution is -2.47. The van der Waals surface area contributed by atoms with Crippen LogP contribution in [-0.2, 0) is 0 Å². The van der Waals surface area contributed by atoms with E-state index >= 15 is 0 Å². The third kappa shape index (κ3) is 2.28. The van der Waals surface area contributed by atoms with Crippen LogP contribution >= 0.6 is 9.24 Å². The highest BCUT2D eigenvalue weighted by Gasteiger charge is 2.48. The van der Waals surface area contributed by atoms with Gasteiger partial charge in [-0.25, -0.2) is 0 Å². The van der Waals surface area contributed by atoms with Crippen LogP contribution in [0.3, 0.4) is 0 Å². The van der Waals surface area contributed by atoms with Gasteiger partial charge in [-0.1, -0.05) is 65.8 Å². The van der Waals surface area contributed by atoms with Gasteiger partial charge in [-0.3, -0.25) is 0 Å². The molecule has 0 fully saturated rings. The standard InChI is InChI=1S/C15H27P/c1-13(2,3)12-9-7-8-10-15(12,11-16)14(4,5)6/h7-10,12H,11,16H2,1-6H3. The van der Waals surface area contributed by atoms with Gasteiger partial charge < -0.3 is 0 Å². The Kier molecular flexibility index (Phi) is 3.75. The van der Waals surface area contributed by atoms with Gasteiger partial charge in [-0.05, 0) is 22.9 Å². The van der Waals surface area contributed by atoms with E-state index in [4.69, 9.17) is 0 Å². The Morgan fingerprint density at radius 1 is 1.06 bits per heavy atom. The summed E-state index contributed by atoms with van der Waals surface area (Å²) in [7, 11) is 2.96. The molecule has 0 bridgehead atoms. The second-order valence-electron chi connectivity index (χ2n) is 7.08. The SMILES string of the molecule is CC(C)(C)C1C=CC=CC1(CP)C(C)(C)C. The van der Waals surface area contributed by atoms with E-state index in [1.807, 2.05) is 0 Å². The molecule has 1 heteroatoms. The van der Waals surface area contributed by atoms with Crippen molar-refractivity contribution in [1.82, 2.24) is 0 Å². The number of allylic oxidation sites excluding steroid dienone is 4. The minimum atomic E-state index is 0.255. The molecule has 3 unspecified atom stereocenters. The lowest BCUT2D eigenvalue weighted by atomic mass is 9.53. The highest BCUT2D eigenvalue weighted by atomic mass is 31.0. The molecule has 0 aromatic heterocycles. The van der Waals surface area contributed by atoms with Crippen LogP contribution in [0.5, 0.6) is 0 Å². The molecular formula is C15H27P. The van der Waals surface area contributed by atoms with Crippen LogP contribution in [0.15, 0.2) is 24.3 Å². The second kappa shape index (κ2) is 4.30. The Morgan fingerprint density at radius 2 is 1.62 bits per heavy atom. The molecule has 0 aliphatic heterocycles. The molecule has 92 valence electrons. The Bertz CT molecular complexity index is 298. The van der Waals surface area contributed by atoms with Crippen LogP contribution in [0.2, 0.25) is 0 Å². The fourth-order valence-corrected chi connectivity index (χ4v) is 3.96. The number of rotatable bonds is 1. The summed E-state index contributed by atoms with van der Waals surface area (Å²) in [5.41, 5.74) is 0.851. The fourth-order valence-electron chi connectivity index (χ4n) is 2.96. The lowest BCUT2D eigenvalue weighted by Gasteiger charge is -2.52. The molecule has 0 saturated carbocycles. The molecule has 1 rings (SSSR count). The third-order valence-corrected chi connectivity index (χ3v) is 4.71. The molecule has 0 heterocycles. The van der Waals surface area contributed by atoms with Crippen LogP contribution in [0, 0.1) is 22.2 Å². The van der Waals surface area contributed by atoms with Crippen molar-refractivity contribution in [2.45, 2.75) is 41.5 Å². The number of hydrogen-bond donors (Lipinski definition) is 0. The van der Waals surface area contributed by atoms with Crippen LogP contribution < -0.4 is 0 Å². The molecular weight excluding hydrogens is 211 g/mol. The molecule has 0 N–H and O–H groups in total. The first kappa shape index (κ1) is 14.0. The minimum Gasteiger partial charge on any atom is -0.137 e. The van der Waals surface area contributed by atoms with Crippen LogP contribution in [-0.4, -0.2) is 6.16 Å². The van der Waals surface area contributed by atoms with Crippen molar-refractivity contribution in [3.05, 3.63) is 24.3 Å². The topological polar surface area (TPSA) is 0 Å². The number of hydrogen-bond acceptors (Lipinski definition) is 0. The smallest absolute Gasteiger partial charge is 0.00356 e. The molecule has 0 nitrogen and oxygen atoms in total. The van der Waals surface area contributed by atoms with Gasteiger partial charge in [0, 0.05) is 5.41 Å². The summed E-state index contributed by atoms with van der Waals surface area (Å²) in [5, 5.41) is 0. The zero-order chi connectivity index (χ0) is 12.6. The van der Waals surface area contributed by atoms with Gasteiger partial charge in [0.25, 0.3) is 0 Å². The van der Waals surface area contributed by atoms with Gasteiger partial charge in [0.15, 0.2) is 0 Å². The van der Waals surface area contributed by atoms with Crippen molar-refractivity contribution < 1.29 is 0 Å². The lowest BCUT2D eigenvalue weighted by molar-refractivity contribution is 0.0514. The van der Waals surface area contributed by atoms with E-state index in [2.05, 4.69) is 75.1 Å². The highest BCUT2D eigenvalue weighted by molar-refractivity contribution is 7.16. The van der Waals surface area contributed by atoms with E-state index in [9.17, 15) is 0 Å². The first-order valence-corrected chi connectivity index (χ1v) is 7.03. The largest absolute Gasteiger partial charge is 0.137 e. The minimum absolute atomic E-state index is 0.255. The van der Waals surface area contributed by atoms with Crippen molar-refractivity contribution in [2.24, 2.45) is 22.2 Å². The monoisotopic (exact) mass is 238 g/mol. The van der Waals surface area contributed by atoms with E-state index < -0.39 is 0 Å². The molecule has 1 aliphatic rings. The van der Waals surface area contributed by atoms with Gasteiger partial charge in [0.2, 0.25) is 0 Å². The van der Waals surface area contributed by atoms with E-state index in [0.29, 0.717) is 11.3 Å². The molecule has 0 saturated heterocycles. The Hall–Kier alpha value is -0.0900. The van der Waals surface area contributed by atoms with Gasteiger partial charge in [0.1, 0.15) is 0 Å². The first-order valence-electron chi connectivity index (χ1n) is 6.21. The van der Waals surface area contributed by atoms with Crippen molar-refractivity contribution in [3.8, 4) is 0 Å². The molecule has 16 heavy (non-hydrogen) atoms. The van der Waals surface area contributed by atoms with Gasteiger partial charge in [-0.2, -0.15) is 0 Å². The fraction of sp³-hybridized carbons (Fsp3) is 0.733. The predicted molar refractivity (Wildman–Crippen MR) is 77.7 cm³/mol. The molecule has 0 radical (unpaired) electrons. The summed E-state index contributed by atoms with van der Waals surface area (Å²) < 4.78 is 0. The average Bonchev–Trinajstić information content (AvgIpc) is 2.14.